The summed E-state index contributed by atoms with van der Waals surface area (Å²) in [4.78, 5) is 83.6. The van der Waals surface area contributed by atoms with Gasteiger partial charge in [0.25, 0.3) is 0 Å². The molecule has 0 bridgehead atoms. The molecule has 0 aromatic rings. The molecule has 4 amide bonds. The Morgan fingerprint density at radius 2 is 0.984 bits per heavy atom. The minimum Gasteiger partial charge on any atom is -0.481 e. The molecule has 1 rings (SSSR count). The number of hydrogen-bond donors (Lipinski definition) is 8. The second-order valence-corrected chi connectivity index (χ2v) is 17.5. The summed E-state index contributed by atoms with van der Waals surface area (Å²) in [7, 11) is 0. The van der Waals surface area contributed by atoms with Gasteiger partial charge in [-0.15, -0.1) is 0 Å². The molecule has 10 N–H and O–H groups in total. The first-order valence-electron chi connectivity index (χ1n) is 23.9. The van der Waals surface area contributed by atoms with Crippen LogP contribution in [-0.4, -0.2) is 89.3 Å². The summed E-state index contributed by atoms with van der Waals surface area (Å²) in [6.07, 6.45) is 26.1. The average Bonchev–Trinajstić information content (AvgIpc) is 3.23. The summed E-state index contributed by atoms with van der Waals surface area (Å²) >= 11 is 0. The van der Waals surface area contributed by atoms with Gasteiger partial charge in [-0.1, -0.05) is 89.9 Å². The fraction of sp³-hybridized carbons (Fsp3) is 0.848. The molecule has 1 aliphatic rings. The second kappa shape index (κ2) is 35.9. The van der Waals surface area contributed by atoms with E-state index in [1.807, 2.05) is 0 Å². The van der Waals surface area contributed by atoms with Crippen molar-refractivity contribution in [3.8, 4) is 0 Å². The standard InChI is InChI=1S/C46H84N6O9/c1-35(53)38(47)22-18-21-33-50-45(59)39(48)23-19-20-32-49-42(55)31-30-40(46(60)61)52-44(58)37-28-26-36(27-29-37)34-51-41(54)24-16-14-12-10-8-6-4-2-3-5-7-9-11-13-15-17-25-43(56)57/h36-40H,2-34,47-48H2,1H3,(H,49,55)(H,50,59)(H,51,54)(H,52,58)(H,56,57)(H,60,61)/t36?,37?,38-,39-,40-/m0/s1. The van der Waals surface area contributed by atoms with Crippen LogP contribution in [0.3, 0.4) is 0 Å². The zero-order valence-corrected chi connectivity index (χ0v) is 37.6. The van der Waals surface area contributed by atoms with E-state index in [0.717, 1.165) is 57.8 Å². The maximum Gasteiger partial charge on any atom is 0.326 e. The van der Waals surface area contributed by atoms with E-state index in [2.05, 4.69) is 21.3 Å². The van der Waals surface area contributed by atoms with Crippen LogP contribution in [0, 0.1) is 11.8 Å². The molecular weight excluding hydrogens is 781 g/mol. The van der Waals surface area contributed by atoms with Gasteiger partial charge in [-0.3, -0.25) is 28.8 Å². The maximum atomic E-state index is 12.9. The number of carboxylic acids is 2. The Morgan fingerprint density at radius 1 is 0.525 bits per heavy atom. The van der Waals surface area contributed by atoms with Crippen LogP contribution < -0.4 is 32.7 Å². The molecular formula is C46H84N6O9. The fourth-order valence-electron chi connectivity index (χ4n) is 7.81. The zero-order valence-electron chi connectivity index (χ0n) is 37.6. The molecule has 61 heavy (non-hydrogen) atoms. The van der Waals surface area contributed by atoms with Gasteiger partial charge in [-0.25, -0.2) is 4.79 Å². The first-order valence-corrected chi connectivity index (χ1v) is 23.9. The smallest absolute Gasteiger partial charge is 0.326 e. The third kappa shape index (κ3) is 31.0. The molecule has 1 aliphatic carbocycles. The van der Waals surface area contributed by atoms with Crippen LogP contribution >= 0.6 is 0 Å². The summed E-state index contributed by atoms with van der Waals surface area (Å²) in [6.45, 7) is 2.88. The highest BCUT2D eigenvalue weighted by atomic mass is 16.4. The number of aliphatic carboxylic acids is 2. The minimum atomic E-state index is -1.18. The van der Waals surface area contributed by atoms with E-state index in [4.69, 9.17) is 16.6 Å². The third-order valence-electron chi connectivity index (χ3n) is 12.0. The number of carbonyl (C=O) groups excluding carboxylic acids is 5. The Labute approximate surface area is 366 Å². The molecule has 0 unspecified atom stereocenters. The number of nitrogens with one attached hydrogen (secondary N) is 4. The molecule has 1 saturated carbocycles. The van der Waals surface area contributed by atoms with Crippen molar-refractivity contribution in [3.05, 3.63) is 0 Å². The number of rotatable bonds is 39. The highest BCUT2D eigenvalue weighted by Gasteiger charge is 2.30. The average molecular weight is 865 g/mol. The van der Waals surface area contributed by atoms with E-state index in [1.165, 1.54) is 71.1 Å². The van der Waals surface area contributed by atoms with E-state index >= 15 is 0 Å². The Kier molecular flexibility index (Phi) is 32.7. The van der Waals surface area contributed by atoms with E-state index < -0.39 is 30.1 Å². The topological polar surface area (TPSA) is 260 Å². The Bertz CT molecular complexity index is 1260. The van der Waals surface area contributed by atoms with Crippen molar-refractivity contribution < 1.29 is 43.8 Å². The molecule has 0 heterocycles. The molecule has 0 aromatic carbocycles. The number of amides is 4. The van der Waals surface area contributed by atoms with Gasteiger partial charge in [-0.2, -0.15) is 0 Å². The molecule has 1 fully saturated rings. The fourth-order valence-corrected chi connectivity index (χ4v) is 7.81. The summed E-state index contributed by atoms with van der Waals surface area (Å²) < 4.78 is 0. The lowest BCUT2D eigenvalue weighted by atomic mass is 9.81. The summed E-state index contributed by atoms with van der Waals surface area (Å²) in [5.74, 6) is -2.71. The maximum absolute atomic E-state index is 12.9. The monoisotopic (exact) mass is 865 g/mol. The SMILES string of the molecule is CC(=O)[C@@H](N)CCCCNC(=O)[C@@H](N)CCCCNC(=O)CC[C@H](NC(=O)C1CCC(CNC(=O)CCCCCCCCCCCCCCCCCCC(=O)O)CC1)C(=O)O. The normalized spacial score (nSPS) is 16.5. The van der Waals surface area contributed by atoms with Gasteiger partial charge in [0.2, 0.25) is 23.6 Å². The zero-order chi connectivity index (χ0) is 45.1. The van der Waals surface area contributed by atoms with Gasteiger partial charge in [0.05, 0.1) is 12.1 Å². The largest absolute Gasteiger partial charge is 0.481 e. The van der Waals surface area contributed by atoms with Gasteiger partial charge in [0.1, 0.15) is 11.8 Å². The molecule has 0 radical (unpaired) electrons. The Morgan fingerprint density at radius 3 is 1.48 bits per heavy atom. The van der Waals surface area contributed by atoms with E-state index in [-0.39, 0.29) is 48.2 Å². The van der Waals surface area contributed by atoms with Gasteiger partial charge >= 0.3 is 11.9 Å². The van der Waals surface area contributed by atoms with Crippen molar-refractivity contribution in [1.29, 1.82) is 0 Å². The van der Waals surface area contributed by atoms with Crippen LogP contribution in [0.5, 0.6) is 0 Å². The van der Waals surface area contributed by atoms with Crippen LogP contribution in [0.15, 0.2) is 0 Å². The summed E-state index contributed by atoms with van der Waals surface area (Å²) in [5, 5.41) is 29.6. The van der Waals surface area contributed by atoms with Crippen molar-refractivity contribution in [1.82, 2.24) is 21.3 Å². The highest BCUT2D eigenvalue weighted by molar-refractivity contribution is 5.86. The minimum absolute atomic E-state index is 0.0245. The number of nitrogens with two attached hydrogens (primary N) is 2. The lowest BCUT2D eigenvalue weighted by Gasteiger charge is -2.28. The van der Waals surface area contributed by atoms with Crippen LogP contribution in [0.25, 0.3) is 0 Å². The van der Waals surface area contributed by atoms with Gasteiger partial charge < -0.3 is 42.9 Å². The first kappa shape index (κ1) is 55.4. The van der Waals surface area contributed by atoms with Crippen LogP contribution in [0.4, 0.5) is 0 Å². The van der Waals surface area contributed by atoms with Gasteiger partial charge in [-0.05, 0) is 96.3 Å². The Hall–Kier alpha value is -3.59. The first-order chi connectivity index (χ1) is 29.3. The van der Waals surface area contributed by atoms with Crippen molar-refractivity contribution in [2.24, 2.45) is 23.3 Å². The van der Waals surface area contributed by atoms with E-state index in [0.29, 0.717) is 83.3 Å². The van der Waals surface area contributed by atoms with Gasteiger partial charge in [0.15, 0.2) is 0 Å². The van der Waals surface area contributed by atoms with E-state index in [9.17, 15) is 38.7 Å². The quantitative estimate of drug-likeness (QED) is 0.0324. The van der Waals surface area contributed by atoms with Crippen molar-refractivity contribution in [2.45, 2.75) is 218 Å². The number of carbonyl (C=O) groups is 7. The van der Waals surface area contributed by atoms with Crippen molar-refractivity contribution in [2.75, 3.05) is 19.6 Å². The Balaban J connectivity index is 2.06. The number of hydrogen-bond acceptors (Lipinski definition) is 9. The number of carboxylic acid groups (broad SMARTS) is 2. The number of unbranched alkanes of at least 4 members (excludes halogenated alkanes) is 17. The molecule has 0 aliphatic heterocycles. The number of Topliss-reactive ketones (excluding diaryl/α,β-unsaturated/α-hetero) is 1. The molecule has 0 saturated heterocycles. The number of ketones is 1. The molecule has 0 aromatic heterocycles. The molecule has 352 valence electrons. The second-order valence-electron chi connectivity index (χ2n) is 17.5. The van der Waals surface area contributed by atoms with Gasteiger partial charge in [0, 0.05) is 44.8 Å². The summed E-state index contributed by atoms with van der Waals surface area (Å²) in [6, 6.07) is -2.29. The predicted molar refractivity (Wildman–Crippen MR) is 238 cm³/mol. The molecule has 15 heteroatoms. The predicted octanol–water partition coefficient (Wildman–Crippen LogP) is 6.18. The molecule has 0 spiro atoms. The molecule has 15 nitrogen and oxygen atoms in total. The summed E-state index contributed by atoms with van der Waals surface area (Å²) in [5.41, 5.74) is 11.7. The van der Waals surface area contributed by atoms with E-state index in [1.54, 1.807) is 0 Å². The van der Waals surface area contributed by atoms with Crippen molar-refractivity contribution in [3.63, 3.8) is 0 Å². The third-order valence-corrected chi connectivity index (χ3v) is 12.0. The lowest BCUT2D eigenvalue weighted by Crippen LogP contribution is -2.45. The highest BCUT2D eigenvalue weighted by Crippen LogP contribution is 2.29. The molecule has 3 atom stereocenters. The lowest BCUT2D eigenvalue weighted by molar-refractivity contribution is -0.143. The van der Waals surface area contributed by atoms with Crippen LogP contribution in [-0.2, 0) is 33.6 Å². The van der Waals surface area contributed by atoms with Crippen LogP contribution in [0.2, 0.25) is 0 Å². The van der Waals surface area contributed by atoms with Crippen LogP contribution in [0.1, 0.15) is 200 Å². The van der Waals surface area contributed by atoms with Crippen molar-refractivity contribution >= 4 is 41.4 Å².